The summed E-state index contributed by atoms with van der Waals surface area (Å²) in [4.78, 5) is 14.2. The van der Waals surface area contributed by atoms with Gasteiger partial charge >= 0.3 is 6.09 Å². The van der Waals surface area contributed by atoms with Crippen molar-refractivity contribution in [1.29, 1.82) is 0 Å². The topological polar surface area (TPSA) is 49.8 Å². The zero-order valence-corrected chi connectivity index (χ0v) is 11.6. The molecule has 0 aromatic heterocycles. The van der Waals surface area contributed by atoms with Crippen molar-refractivity contribution in [2.24, 2.45) is 5.92 Å². The summed E-state index contributed by atoms with van der Waals surface area (Å²) in [5, 5.41) is 9.50. The molecule has 4 heteroatoms. The van der Waals surface area contributed by atoms with Crippen molar-refractivity contribution < 1.29 is 14.6 Å². The van der Waals surface area contributed by atoms with Crippen molar-refractivity contribution in [1.82, 2.24) is 4.90 Å². The lowest BCUT2D eigenvalue weighted by Gasteiger charge is -2.48. The molecule has 2 aliphatic rings. The summed E-state index contributed by atoms with van der Waals surface area (Å²) in [5.41, 5.74) is 0.879. The molecular formula is C16H21NO3. The zero-order valence-electron chi connectivity index (χ0n) is 11.6. The second kappa shape index (κ2) is 5.44. The molecule has 3 rings (SSSR count). The van der Waals surface area contributed by atoms with Crippen molar-refractivity contribution in [3.05, 3.63) is 35.9 Å². The third kappa shape index (κ3) is 2.18. The van der Waals surface area contributed by atoms with E-state index in [0.717, 1.165) is 31.2 Å². The second-order valence-electron chi connectivity index (χ2n) is 5.82. The molecule has 1 aromatic carbocycles. The van der Waals surface area contributed by atoms with Crippen LogP contribution in [0.4, 0.5) is 4.79 Å². The molecule has 1 amide bonds. The smallest absolute Gasteiger partial charge is 0.410 e. The van der Waals surface area contributed by atoms with E-state index in [1.54, 1.807) is 0 Å². The normalized spacial score (nSPS) is 23.6. The number of hydrogen-bond donors (Lipinski definition) is 1. The van der Waals surface area contributed by atoms with Crippen LogP contribution in [0.5, 0.6) is 0 Å². The predicted molar refractivity (Wildman–Crippen MR) is 75.1 cm³/mol. The Labute approximate surface area is 119 Å². The lowest BCUT2D eigenvalue weighted by Crippen LogP contribution is -2.56. The van der Waals surface area contributed by atoms with Crippen LogP contribution in [0.15, 0.2) is 30.3 Å². The molecule has 0 bridgehead atoms. The number of hydrogen-bond acceptors (Lipinski definition) is 3. The maximum atomic E-state index is 12.3. The Morgan fingerprint density at radius 3 is 2.70 bits per heavy atom. The van der Waals surface area contributed by atoms with Crippen molar-refractivity contribution in [3.63, 3.8) is 0 Å². The van der Waals surface area contributed by atoms with Gasteiger partial charge < -0.3 is 14.7 Å². The van der Waals surface area contributed by atoms with Crippen LogP contribution in [0, 0.1) is 5.92 Å². The molecule has 1 N–H and O–H groups in total. The van der Waals surface area contributed by atoms with Gasteiger partial charge in [0.25, 0.3) is 0 Å². The number of likely N-dealkylation sites (tertiary alicyclic amines) is 1. The van der Waals surface area contributed by atoms with Gasteiger partial charge in [-0.15, -0.1) is 0 Å². The maximum absolute atomic E-state index is 12.3. The number of amides is 1. The van der Waals surface area contributed by atoms with Crippen LogP contribution in [0.3, 0.4) is 0 Å². The monoisotopic (exact) mass is 275 g/mol. The molecule has 0 radical (unpaired) electrons. The Balaban J connectivity index is 1.63. The van der Waals surface area contributed by atoms with E-state index in [0.29, 0.717) is 13.2 Å². The highest BCUT2D eigenvalue weighted by Gasteiger charge is 2.54. The fourth-order valence-electron chi connectivity index (χ4n) is 3.55. The molecule has 1 saturated carbocycles. The number of carbonyl (C=O) groups is 1. The average molecular weight is 275 g/mol. The van der Waals surface area contributed by atoms with Gasteiger partial charge in [0.1, 0.15) is 6.61 Å². The van der Waals surface area contributed by atoms with Crippen molar-refractivity contribution in [3.8, 4) is 0 Å². The van der Waals surface area contributed by atoms with E-state index in [4.69, 9.17) is 4.74 Å². The van der Waals surface area contributed by atoms with E-state index in [9.17, 15) is 9.90 Å². The van der Waals surface area contributed by atoms with Crippen molar-refractivity contribution in [2.45, 2.75) is 37.8 Å². The van der Waals surface area contributed by atoms with Gasteiger partial charge in [0.2, 0.25) is 0 Å². The molecule has 1 aromatic rings. The summed E-state index contributed by atoms with van der Waals surface area (Å²) in [7, 11) is 0. The molecule has 108 valence electrons. The molecule has 1 saturated heterocycles. The second-order valence-corrected chi connectivity index (χ2v) is 5.82. The zero-order chi connectivity index (χ0) is 14.0. The first-order valence-corrected chi connectivity index (χ1v) is 7.35. The van der Waals surface area contributed by atoms with Crippen LogP contribution in [0.1, 0.15) is 31.2 Å². The molecule has 20 heavy (non-hydrogen) atoms. The number of aliphatic hydroxyl groups is 1. The minimum atomic E-state index is -0.232. The van der Waals surface area contributed by atoms with Crippen LogP contribution in [-0.2, 0) is 11.3 Å². The van der Waals surface area contributed by atoms with Gasteiger partial charge in [0.05, 0.1) is 5.54 Å². The first-order chi connectivity index (χ1) is 9.76. The van der Waals surface area contributed by atoms with Gasteiger partial charge in [-0.3, -0.25) is 0 Å². The minimum Gasteiger partial charge on any atom is -0.445 e. The van der Waals surface area contributed by atoms with Gasteiger partial charge in [-0.1, -0.05) is 30.3 Å². The van der Waals surface area contributed by atoms with Crippen LogP contribution < -0.4 is 0 Å². The number of nitrogens with zero attached hydrogens (tertiary/aromatic N) is 1. The summed E-state index contributed by atoms with van der Waals surface area (Å²) < 4.78 is 5.44. The Hall–Kier alpha value is -1.55. The van der Waals surface area contributed by atoms with Gasteiger partial charge in [-0.05, 0) is 31.2 Å². The fraction of sp³-hybridized carbons (Fsp3) is 0.562. The molecule has 2 fully saturated rings. The van der Waals surface area contributed by atoms with Crippen molar-refractivity contribution in [2.75, 3.05) is 13.2 Å². The Morgan fingerprint density at radius 2 is 2.10 bits per heavy atom. The Bertz CT molecular complexity index is 470. The van der Waals surface area contributed by atoms with E-state index in [1.807, 2.05) is 35.2 Å². The van der Waals surface area contributed by atoms with E-state index < -0.39 is 0 Å². The van der Waals surface area contributed by atoms with Crippen LogP contribution >= 0.6 is 0 Å². The Kier molecular flexibility index (Phi) is 3.66. The van der Waals surface area contributed by atoms with Crippen LogP contribution in [0.2, 0.25) is 0 Å². The molecule has 4 nitrogen and oxygen atoms in total. The van der Waals surface area contributed by atoms with Gasteiger partial charge in [-0.2, -0.15) is 0 Å². The summed E-state index contributed by atoms with van der Waals surface area (Å²) in [6.07, 6.45) is 3.79. The van der Waals surface area contributed by atoms with E-state index in [-0.39, 0.29) is 24.2 Å². The molecule has 1 aliphatic heterocycles. The van der Waals surface area contributed by atoms with Gasteiger partial charge in [-0.25, -0.2) is 4.79 Å². The highest BCUT2D eigenvalue weighted by molar-refractivity contribution is 5.69. The van der Waals surface area contributed by atoms with E-state index in [1.165, 1.54) is 0 Å². The van der Waals surface area contributed by atoms with E-state index in [2.05, 4.69) is 0 Å². The van der Waals surface area contributed by atoms with E-state index >= 15 is 0 Å². The third-order valence-corrected chi connectivity index (χ3v) is 4.86. The molecular weight excluding hydrogens is 254 g/mol. The first-order valence-electron chi connectivity index (χ1n) is 7.35. The quantitative estimate of drug-likeness (QED) is 0.922. The number of ether oxygens (including phenoxy) is 1. The van der Waals surface area contributed by atoms with Crippen molar-refractivity contribution >= 4 is 6.09 Å². The largest absolute Gasteiger partial charge is 0.445 e. The SMILES string of the molecule is O=C(OCc1ccccc1)N1CCC(CO)C12CCC2. The van der Waals surface area contributed by atoms with Crippen LogP contribution in [0.25, 0.3) is 0 Å². The summed E-state index contributed by atoms with van der Waals surface area (Å²) >= 11 is 0. The summed E-state index contributed by atoms with van der Waals surface area (Å²) in [5.74, 6) is 0.223. The lowest BCUT2D eigenvalue weighted by atomic mass is 9.69. The number of aliphatic hydroxyl groups excluding tert-OH is 1. The van der Waals surface area contributed by atoms with Gasteiger partial charge in [0, 0.05) is 19.1 Å². The van der Waals surface area contributed by atoms with Crippen LogP contribution in [-0.4, -0.2) is 34.8 Å². The van der Waals surface area contributed by atoms with Gasteiger partial charge in [0.15, 0.2) is 0 Å². The standard InChI is InChI=1S/C16H21NO3/c18-11-14-7-10-17(16(14)8-4-9-16)15(19)20-12-13-5-2-1-3-6-13/h1-3,5-6,14,18H,4,7-12H2. The molecule has 1 aliphatic carbocycles. The highest BCUT2D eigenvalue weighted by Crippen LogP contribution is 2.49. The summed E-state index contributed by atoms with van der Waals surface area (Å²) in [6, 6.07) is 9.73. The average Bonchev–Trinajstić information content (AvgIpc) is 2.85. The summed E-state index contributed by atoms with van der Waals surface area (Å²) in [6.45, 7) is 1.19. The minimum absolute atomic E-state index is 0.122. The first kappa shape index (κ1) is 13.4. The molecule has 1 unspecified atom stereocenters. The predicted octanol–water partition coefficient (Wildman–Crippen LogP) is 2.56. The molecule has 1 spiro atoms. The lowest BCUT2D eigenvalue weighted by molar-refractivity contribution is -0.00367. The fourth-order valence-corrected chi connectivity index (χ4v) is 3.55. The maximum Gasteiger partial charge on any atom is 0.410 e. The third-order valence-electron chi connectivity index (χ3n) is 4.86. The number of carbonyl (C=O) groups excluding carboxylic acids is 1. The number of rotatable bonds is 3. The highest BCUT2D eigenvalue weighted by atomic mass is 16.6. The molecule has 1 heterocycles. The number of benzene rings is 1. The Morgan fingerprint density at radius 1 is 1.35 bits per heavy atom. The molecule has 1 atom stereocenters.